The minimum Gasteiger partial charge on any atom is -0.366 e. The quantitative estimate of drug-likeness (QED) is 0.850. The molecule has 2 fully saturated rings. The van der Waals surface area contributed by atoms with Crippen molar-refractivity contribution >= 4 is 11.8 Å². The van der Waals surface area contributed by atoms with Crippen molar-refractivity contribution < 1.29 is 9.59 Å². The van der Waals surface area contributed by atoms with Crippen molar-refractivity contribution in [3.8, 4) is 0 Å². The third-order valence-corrected chi connectivity index (χ3v) is 4.77. The number of amides is 2. The molecule has 1 aromatic rings. The first kappa shape index (κ1) is 14.1. The predicted molar refractivity (Wildman–Crippen MR) is 79.7 cm³/mol. The van der Waals surface area contributed by atoms with Crippen LogP contribution in [-0.4, -0.2) is 35.8 Å². The molecule has 21 heavy (non-hydrogen) atoms. The number of primary amides is 1. The van der Waals surface area contributed by atoms with Crippen LogP contribution < -0.4 is 11.5 Å². The summed E-state index contributed by atoms with van der Waals surface area (Å²) in [4.78, 5) is 25.7. The Kier molecular flexibility index (Phi) is 3.68. The van der Waals surface area contributed by atoms with Crippen molar-refractivity contribution in [2.24, 2.45) is 23.3 Å². The summed E-state index contributed by atoms with van der Waals surface area (Å²) < 4.78 is 0. The number of likely N-dealkylation sites (tertiary alicyclic amines) is 1. The number of nitrogens with zero attached hydrogens (tertiary/aromatic N) is 1. The van der Waals surface area contributed by atoms with Crippen LogP contribution >= 0.6 is 0 Å². The highest BCUT2D eigenvalue weighted by Crippen LogP contribution is 2.36. The van der Waals surface area contributed by atoms with Gasteiger partial charge in [-0.2, -0.15) is 0 Å². The number of carbonyl (C=O) groups is 2. The van der Waals surface area contributed by atoms with Crippen LogP contribution in [0.2, 0.25) is 0 Å². The lowest BCUT2D eigenvalue weighted by molar-refractivity contribution is 0.0784. The fourth-order valence-electron chi connectivity index (χ4n) is 3.62. The molecule has 1 saturated heterocycles. The third-order valence-electron chi connectivity index (χ3n) is 4.77. The van der Waals surface area contributed by atoms with Gasteiger partial charge in [-0.3, -0.25) is 9.59 Å². The van der Waals surface area contributed by atoms with E-state index in [-0.39, 0.29) is 11.9 Å². The molecule has 0 spiro atoms. The topological polar surface area (TPSA) is 89.4 Å². The maximum atomic E-state index is 12.6. The molecule has 0 bridgehead atoms. The zero-order valence-corrected chi connectivity index (χ0v) is 12.0. The Hall–Kier alpha value is -1.88. The molecular formula is C16H21N3O2. The van der Waals surface area contributed by atoms with E-state index in [0.29, 0.717) is 23.0 Å². The largest absolute Gasteiger partial charge is 0.366 e. The molecule has 0 aromatic heterocycles. The summed E-state index contributed by atoms with van der Waals surface area (Å²) in [6, 6.07) is 6.93. The van der Waals surface area contributed by atoms with Crippen LogP contribution in [0.3, 0.4) is 0 Å². The highest BCUT2D eigenvalue weighted by Gasteiger charge is 2.38. The highest BCUT2D eigenvalue weighted by molar-refractivity contribution is 5.99. The first-order valence-corrected chi connectivity index (χ1v) is 7.49. The molecule has 5 heteroatoms. The zero-order chi connectivity index (χ0) is 15.0. The van der Waals surface area contributed by atoms with Gasteiger partial charge in [0.1, 0.15) is 0 Å². The van der Waals surface area contributed by atoms with Gasteiger partial charge in [0.05, 0.1) is 0 Å². The second-order valence-corrected chi connectivity index (χ2v) is 6.25. The summed E-state index contributed by atoms with van der Waals surface area (Å²) in [5.74, 6) is 0.580. The zero-order valence-electron chi connectivity index (χ0n) is 12.0. The summed E-state index contributed by atoms with van der Waals surface area (Å²) in [5.41, 5.74) is 12.2. The lowest BCUT2D eigenvalue weighted by Crippen LogP contribution is -2.32. The van der Waals surface area contributed by atoms with Gasteiger partial charge in [0.2, 0.25) is 5.91 Å². The van der Waals surface area contributed by atoms with Gasteiger partial charge in [0.15, 0.2) is 0 Å². The second-order valence-electron chi connectivity index (χ2n) is 6.25. The van der Waals surface area contributed by atoms with E-state index >= 15 is 0 Å². The monoisotopic (exact) mass is 287 g/mol. The molecule has 4 N–H and O–H groups in total. The fraction of sp³-hybridized carbons (Fsp3) is 0.500. The maximum Gasteiger partial charge on any atom is 0.253 e. The SMILES string of the molecule is NC(=O)c1cccc(C(=O)N2C[C@H]3CCC(N)C[C@H]3C2)c1. The van der Waals surface area contributed by atoms with Crippen LogP contribution in [0.1, 0.15) is 40.0 Å². The summed E-state index contributed by atoms with van der Waals surface area (Å²) in [6.07, 6.45) is 3.17. The molecule has 1 heterocycles. The molecule has 3 rings (SSSR count). The highest BCUT2D eigenvalue weighted by atomic mass is 16.2. The Balaban J connectivity index is 1.74. The average Bonchev–Trinajstić information content (AvgIpc) is 2.89. The molecule has 3 atom stereocenters. The van der Waals surface area contributed by atoms with Crippen molar-refractivity contribution in [3.63, 3.8) is 0 Å². The Morgan fingerprint density at radius 1 is 1.10 bits per heavy atom. The second kappa shape index (κ2) is 5.48. The summed E-state index contributed by atoms with van der Waals surface area (Å²) in [6.45, 7) is 1.58. The number of fused-ring (bicyclic) bond motifs is 1. The minimum absolute atomic E-state index is 0.0129. The van der Waals surface area contributed by atoms with Crippen LogP contribution in [0.5, 0.6) is 0 Å². The smallest absolute Gasteiger partial charge is 0.253 e. The maximum absolute atomic E-state index is 12.6. The Bertz CT molecular complexity index is 572. The lowest BCUT2D eigenvalue weighted by Gasteiger charge is -2.27. The third kappa shape index (κ3) is 2.78. The first-order valence-electron chi connectivity index (χ1n) is 7.49. The van der Waals surface area contributed by atoms with Crippen LogP contribution in [0.25, 0.3) is 0 Å². The molecule has 1 unspecified atom stereocenters. The van der Waals surface area contributed by atoms with Gasteiger partial charge in [-0.25, -0.2) is 0 Å². The van der Waals surface area contributed by atoms with Crippen LogP contribution in [0.4, 0.5) is 0 Å². The lowest BCUT2D eigenvalue weighted by atomic mass is 9.79. The van der Waals surface area contributed by atoms with Crippen molar-refractivity contribution in [1.82, 2.24) is 4.90 Å². The number of hydrogen-bond acceptors (Lipinski definition) is 3. The van der Waals surface area contributed by atoms with Crippen LogP contribution in [0, 0.1) is 11.8 Å². The van der Waals surface area contributed by atoms with Crippen molar-refractivity contribution in [3.05, 3.63) is 35.4 Å². The van der Waals surface area contributed by atoms with Gasteiger partial charge in [0.25, 0.3) is 5.91 Å². The Labute approximate surface area is 124 Å². The van der Waals surface area contributed by atoms with Gasteiger partial charge in [-0.15, -0.1) is 0 Å². The summed E-state index contributed by atoms with van der Waals surface area (Å²) in [5, 5.41) is 0. The number of nitrogens with two attached hydrogens (primary N) is 2. The number of carbonyl (C=O) groups excluding carboxylic acids is 2. The van der Waals surface area contributed by atoms with Crippen LogP contribution in [0.15, 0.2) is 24.3 Å². The molecular weight excluding hydrogens is 266 g/mol. The van der Waals surface area contributed by atoms with Gasteiger partial charge in [0, 0.05) is 30.3 Å². The minimum atomic E-state index is -0.509. The van der Waals surface area contributed by atoms with Gasteiger partial charge < -0.3 is 16.4 Å². The van der Waals surface area contributed by atoms with Crippen molar-refractivity contribution in [2.45, 2.75) is 25.3 Å². The van der Waals surface area contributed by atoms with E-state index in [4.69, 9.17) is 11.5 Å². The molecule has 2 amide bonds. The Morgan fingerprint density at radius 3 is 2.57 bits per heavy atom. The molecule has 112 valence electrons. The van der Waals surface area contributed by atoms with E-state index in [1.165, 1.54) is 0 Å². The first-order chi connectivity index (χ1) is 10.0. The molecule has 5 nitrogen and oxygen atoms in total. The summed E-state index contributed by atoms with van der Waals surface area (Å²) in [7, 11) is 0. The fourth-order valence-corrected chi connectivity index (χ4v) is 3.62. The Morgan fingerprint density at radius 2 is 1.81 bits per heavy atom. The van der Waals surface area contributed by atoms with E-state index < -0.39 is 5.91 Å². The van der Waals surface area contributed by atoms with Crippen molar-refractivity contribution in [1.29, 1.82) is 0 Å². The summed E-state index contributed by atoms with van der Waals surface area (Å²) >= 11 is 0. The number of hydrogen-bond donors (Lipinski definition) is 2. The molecule has 2 aliphatic rings. The normalized spacial score (nSPS) is 28.2. The average molecular weight is 287 g/mol. The number of benzene rings is 1. The molecule has 0 radical (unpaired) electrons. The van der Waals surface area contributed by atoms with Gasteiger partial charge in [-0.1, -0.05) is 6.07 Å². The van der Waals surface area contributed by atoms with Gasteiger partial charge >= 0.3 is 0 Å². The molecule has 1 saturated carbocycles. The molecule has 1 aliphatic carbocycles. The van der Waals surface area contributed by atoms with E-state index in [1.54, 1.807) is 24.3 Å². The standard InChI is InChI=1S/C16H21N3O2/c17-14-5-4-12-8-19(9-13(12)7-14)16(21)11-3-1-2-10(6-11)15(18)20/h1-3,6,12-14H,4-5,7-9,17H2,(H2,18,20)/t12-,13+,14?/m1/s1. The molecule has 1 aromatic carbocycles. The van der Waals surface area contributed by atoms with Gasteiger partial charge in [-0.05, 0) is 49.3 Å². The van der Waals surface area contributed by atoms with Crippen LogP contribution in [-0.2, 0) is 0 Å². The number of rotatable bonds is 2. The van der Waals surface area contributed by atoms with E-state index in [0.717, 1.165) is 32.4 Å². The molecule has 1 aliphatic heterocycles. The van der Waals surface area contributed by atoms with Crippen molar-refractivity contribution in [2.75, 3.05) is 13.1 Å². The van der Waals surface area contributed by atoms with E-state index in [9.17, 15) is 9.59 Å². The van der Waals surface area contributed by atoms with E-state index in [2.05, 4.69) is 0 Å². The van der Waals surface area contributed by atoms with E-state index in [1.807, 2.05) is 4.90 Å². The predicted octanol–water partition coefficient (Wildman–Crippen LogP) is 0.985.